The first kappa shape index (κ1) is 27.4. The summed E-state index contributed by atoms with van der Waals surface area (Å²) >= 11 is 1.37. The summed E-state index contributed by atoms with van der Waals surface area (Å²) in [5.74, 6) is -0.734. The normalized spacial score (nSPS) is 11.0. The van der Waals surface area contributed by atoms with E-state index < -0.39 is 5.91 Å². The number of benzene rings is 4. The molecule has 0 fully saturated rings. The lowest BCUT2D eigenvalue weighted by atomic mass is 10.1. The van der Waals surface area contributed by atoms with Crippen LogP contribution in [0, 0.1) is 13.8 Å². The van der Waals surface area contributed by atoms with Gasteiger partial charge in [-0.25, -0.2) is 0 Å². The molecular formula is C32H29N3O3S. The van der Waals surface area contributed by atoms with Crippen LogP contribution in [0.15, 0.2) is 114 Å². The largest absolute Gasteiger partial charge is 0.325 e. The Bertz CT molecular complexity index is 1500. The number of carbonyl (C=O) groups is 3. The van der Waals surface area contributed by atoms with Crippen LogP contribution in [-0.4, -0.2) is 23.5 Å². The summed E-state index contributed by atoms with van der Waals surface area (Å²) in [5, 5.41) is 8.57. The van der Waals surface area contributed by atoms with Crippen molar-refractivity contribution >= 4 is 46.9 Å². The molecule has 39 heavy (non-hydrogen) atoms. The van der Waals surface area contributed by atoms with Crippen LogP contribution in [0.4, 0.5) is 11.4 Å². The van der Waals surface area contributed by atoms with Crippen molar-refractivity contribution in [3.05, 3.63) is 131 Å². The number of nitrogens with one attached hydrogen (secondary N) is 3. The van der Waals surface area contributed by atoms with Gasteiger partial charge in [0.15, 0.2) is 0 Å². The molecule has 0 aliphatic heterocycles. The summed E-state index contributed by atoms with van der Waals surface area (Å²) in [4.78, 5) is 39.4. The summed E-state index contributed by atoms with van der Waals surface area (Å²) in [5.41, 5.74) is 4.84. The van der Waals surface area contributed by atoms with Crippen LogP contribution in [0.3, 0.4) is 0 Å². The molecule has 0 saturated carbocycles. The van der Waals surface area contributed by atoms with E-state index in [0.29, 0.717) is 11.3 Å². The molecule has 0 heterocycles. The second-order valence-electron chi connectivity index (χ2n) is 8.86. The Labute approximate surface area is 232 Å². The van der Waals surface area contributed by atoms with Gasteiger partial charge in [-0.05, 0) is 73.0 Å². The quantitative estimate of drug-likeness (QED) is 0.170. The van der Waals surface area contributed by atoms with Gasteiger partial charge in [-0.2, -0.15) is 0 Å². The average Bonchev–Trinajstić information content (AvgIpc) is 2.95. The van der Waals surface area contributed by atoms with Crippen molar-refractivity contribution in [1.82, 2.24) is 5.32 Å². The van der Waals surface area contributed by atoms with E-state index in [9.17, 15) is 14.4 Å². The highest BCUT2D eigenvalue weighted by Gasteiger charge is 2.15. The Kier molecular flexibility index (Phi) is 9.32. The minimum absolute atomic E-state index is 0.111. The molecule has 0 saturated heterocycles. The number of carbonyl (C=O) groups excluding carboxylic acids is 3. The van der Waals surface area contributed by atoms with Crippen LogP contribution >= 0.6 is 11.8 Å². The first-order chi connectivity index (χ1) is 18.9. The molecule has 0 aromatic heterocycles. The zero-order chi connectivity index (χ0) is 27.6. The molecule has 4 aromatic rings. The molecule has 0 aliphatic rings. The number of amides is 3. The predicted octanol–water partition coefficient (Wildman–Crippen LogP) is 6.44. The fraction of sp³-hybridized carbons (Fsp3) is 0.0938. The molecular weight excluding hydrogens is 506 g/mol. The summed E-state index contributed by atoms with van der Waals surface area (Å²) in [6, 6.07) is 31.1. The molecule has 0 unspecified atom stereocenters. The molecule has 0 spiro atoms. The fourth-order valence-corrected chi connectivity index (χ4v) is 4.50. The number of aryl methyl sites for hydroxylation is 1. The molecule has 3 amide bonds. The van der Waals surface area contributed by atoms with Crippen LogP contribution in [0.2, 0.25) is 0 Å². The molecule has 7 heteroatoms. The van der Waals surface area contributed by atoms with E-state index in [4.69, 9.17) is 0 Å². The van der Waals surface area contributed by atoms with Gasteiger partial charge in [-0.3, -0.25) is 14.4 Å². The topological polar surface area (TPSA) is 87.3 Å². The third-order valence-electron chi connectivity index (χ3n) is 5.98. The van der Waals surface area contributed by atoms with E-state index in [1.54, 1.807) is 42.5 Å². The molecule has 4 rings (SSSR count). The van der Waals surface area contributed by atoms with Gasteiger partial charge in [0.1, 0.15) is 5.70 Å². The molecule has 3 N–H and O–H groups in total. The monoisotopic (exact) mass is 535 g/mol. The van der Waals surface area contributed by atoms with Crippen LogP contribution < -0.4 is 16.0 Å². The zero-order valence-corrected chi connectivity index (χ0v) is 22.5. The highest BCUT2D eigenvalue weighted by Crippen LogP contribution is 2.23. The maximum absolute atomic E-state index is 13.3. The number of anilines is 2. The number of rotatable bonds is 9. The number of thioether (sulfide) groups is 1. The molecule has 4 aromatic carbocycles. The Morgan fingerprint density at radius 1 is 0.769 bits per heavy atom. The zero-order valence-electron chi connectivity index (χ0n) is 21.7. The van der Waals surface area contributed by atoms with Crippen LogP contribution in [0.5, 0.6) is 0 Å². The Hall–Kier alpha value is -4.62. The Balaban J connectivity index is 1.43. The lowest BCUT2D eigenvalue weighted by Gasteiger charge is -2.12. The molecule has 0 radical (unpaired) electrons. The van der Waals surface area contributed by atoms with Crippen molar-refractivity contribution in [2.24, 2.45) is 0 Å². The van der Waals surface area contributed by atoms with Gasteiger partial charge >= 0.3 is 0 Å². The lowest BCUT2D eigenvalue weighted by molar-refractivity contribution is -0.114. The van der Waals surface area contributed by atoms with Crippen molar-refractivity contribution < 1.29 is 14.4 Å². The third-order valence-corrected chi connectivity index (χ3v) is 6.97. The van der Waals surface area contributed by atoms with Gasteiger partial charge in [0.25, 0.3) is 11.8 Å². The predicted molar refractivity (Wildman–Crippen MR) is 159 cm³/mol. The van der Waals surface area contributed by atoms with Gasteiger partial charge in [0.2, 0.25) is 5.91 Å². The lowest BCUT2D eigenvalue weighted by Crippen LogP contribution is -2.30. The molecule has 0 bridgehead atoms. The highest BCUT2D eigenvalue weighted by molar-refractivity contribution is 8.00. The number of hydrogen-bond donors (Lipinski definition) is 3. The van der Waals surface area contributed by atoms with E-state index in [-0.39, 0.29) is 23.3 Å². The molecule has 6 nitrogen and oxygen atoms in total. The first-order valence-corrected chi connectivity index (χ1v) is 13.4. The average molecular weight is 536 g/mol. The van der Waals surface area contributed by atoms with E-state index in [2.05, 4.69) is 16.0 Å². The first-order valence-electron chi connectivity index (χ1n) is 12.4. The van der Waals surface area contributed by atoms with Gasteiger partial charge in [0, 0.05) is 21.8 Å². The minimum Gasteiger partial charge on any atom is -0.325 e. The third kappa shape index (κ3) is 7.93. The Morgan fingerprint density at radius 3 is 2.21 bits per heavy atom. The maximum atomic E-state index is 13.3. The summed E-state index contributed by atoms with van der Waals surface area (Å²) in [6.07, 6.45) is 1.63. The second-order valence-corrected chi connectivity index (χ2v) is 9.90. The molecule has 0 aliphatic carbocycles. The fourth-order valence-electron chi connectivity index (χ4n) is 3.74. The van der Waals surface area contributed by atoms with Crippen molar-refractivity contribution in [3.8, 4) is 0 Å². The van der Waals surface area contributed by atoms with Crippen LogP contribution in [-0.2, 0) is 9.59 Å². The second kappa shape index (κ2) is 13.3. The minimum atomic E-state index is -0.460. The van der Waals surface area contributed by atoms with Gasteiger partial charge in [-0.1, -0.05) is 66.7 Å². The van der Waals surface area contributed by atoms with Gasteiger partial charge in [0.05, 0.1) is 5.75 Å². The smallest absolute Gasteiger partial charge is 0.272 e. The molecule has 0 atom stereocenters. The van der Waals surface area contributed by atoms with Crippen LogP contribution in [0.25, 0.3) is 6.08 Å². The van der Waals surface area contributed by atoms with Crippen molar-refractivity contribution in [2.45, 2.75) is 18.7 Å². The molecule has 196 valence electrons. The summed E-state index contributed by atoms with van der Waals surface area (Å²) in [7, 11) is 0. The van der Waals surface area contributed by atoms with E-state index in [1.165, 1.54) is 11.8 Å². The SMILES string of the molecule is Cc1cccc(NC(=O)CSc2cccc(NC(=O)/C(=C/c3ccccc3)NC(=O)c3ccccc3)c2)c1C. The standard InChI is InChI=1S/C32H29N3O3S/c1-22-11-9-18-28(23(22)2)34-30(36)21-39-27-17-10-16-26(20-27)33-32(38)29(19-24-12-5-3-6-13-24)35-31(37)25-14-7-4-8-15-25/h3-20H,21H2,1-2H3,(H,33,38)(H,34,36)(H,35,37)/b29-19-. The highest BCUT2D eigenvalue weighted by atomic mass is 32.2. The van der Waals surface area contributed by atoms with E-state index in [1.807, 2.05) is 80.6 Å². The van der Waals surface area contributed by atoms with Crippen molar-refractivity contribution in [3.63, 3.8) is 0 Å². The van der Waals surface area contributed by atoms with E-state index in [0.717, 1.165) is 27.3 Å². The van der Waals surface area contributed by atoms with Gasteiger partial charge in [-0.15, -0.1) is 11.8 Å². The summed E-state index contributed by atoms with van der Waals surface area (Å²) < 4.78 is 0. The Morgan fingerprint density at radius 2 is 1.46 bits per heavy atom. The number of hydrogen-bond acceptors (Lipinski definition) is 4. The summed E-state index contributed by atoms with van der Waals surface area (Å²) in [6.45, 7) is 3.99. The maximum Gasteiger partial charge on any atom is 0.272 e. The van der Waals surface area contributed by atoms with Crippen molar-refractivity contribution in [2.75, 3.05) is 16.4 Å². The van der Waals surface area contributed by atoms with Crippen molar-refractivity contribution in [1.29, 1.82) is 0 Å². The van der Waals surface area contributed by atoms with E-state index >= 15 is 0 Å². The van der Waals surface area contributed by atoms with Gasteiger partial charge < -0.3 is 16.0 Å². The van der Waals surface area contributed by atoms with Crippen LogP contribution in [0.1, 0.15) is 27.0 Å².